The van der Waals surface area contributed by atoms with E-state index in [0.29, 0.717) is 29.1 Å². The van der Waals surface area contributed by atoms with Crippen LogP contribution in [-0.2, 0) is 4.79 Å². The molecular formula is C19H20N4O3. The number of anilines is 2. The van der Waals surface area contributed by atoms with Crippen molar-refractivity contribution in [2.75, 3.05) is 30.9 Å². The number of carbonyl (C=O) groups is 3. The van der Waals surface area contributed by atoms with Crippen LogP contribution >= 0.6 is 0 Å². The highest BCUT2D eigenvalue weighted by Gasteiger charge is 2.34. The Labute approximate surface area is 151 Å². The van der Waals surface area contributed by atoms with Gasteiger partial charge in [0.15, 0.2) is 5.82 Å². The third kappa shape index (κ3) is 3.42. The second kappa shape index (κ2) is 7.35. The summed E-state index contributed by atoms with van der Waals surface area (Å²) in [6.45, 7) is 0.216. The minimum Gasteiger partial charge on any atom is -0.361 e. The molecule has 1 aliphatic rings. The summed E-state index contributed by atoms with van der Waals surface area (Å²) in [6, 6.07) is 10.3. The first-order chi connectivity index (χ1) is 12.5. The fourth-order valence-corrected chi connectivity index (χ4v) is 2.90. The maximum absolute atomic E-state index is 12.3. The molecule has 1 aliphatic heterocycles. The van der Waals surface area contributed by atoms with Crippen LogP contribution < -0.4 is 10.2 Å². The molecule has 1 N–H and O–H groups in total. The third-order valence-corrected chi connectivity index (χ3v) is 4.15. The molecule has 0 fully saturated rings. The topological polar surface area (TPSA) is 82.6 Å². The van der Waals surface area contributed by atoms with Crippen LogP contribution in [0.5, 0.6) is 0 Å². The lowest BCUT2D eigenvalue weighted by molar-refractivity contribution is -0.116. The summed E-state index contributed by atoms with van der Waals surface area (Å²) < 4.78 is 0. The number of amides is 3. The first kappa shape index (κ1) is 17.6. The van der Waals surface area contributed by atoms with Crippen LogP contribution in [0.3, 0.4) is 0 Å². The minimum atomic E-state index is -0.298. The number of pyridine rings is 1. The van der Waals surface area contributed by atoms with E-state index in [9.17, 15) is 14.4 Å². The number of hydrogen-bond donors (Lipinski definition) is 1. The molecule has 0 saturated heterocycles. The molecule has 0 aliphatic carbocycles. The standard InChI is InChI=1S/C19H20N4O3/c1-22(2)17-15(9-5-11-20-17)21-16(24)10-6-12-23-18(25)13-7-3-4-8-14(13)19(23)26/h3-5,7-9,11H,6,10,12H2,1-2H3,(H,21,24). The van der Waals surface area contributed by atoms with Crippen molar-refractivity contribution >= 4 is 29.2 Å². The van der Waals surface area contributed by atoms with Crippen molar-refractivity contribution in [2.45, 2.75) is 12.8 Å². The summed E-state index contributed by atoms with van der Waals surface area (Å²) in [7, 11) is 3.69. The maximum atomic E-state index is 12.3. The molecule has 1 aromatic carbocycles. The van der Waals surface area contributed by atoms with Gasteiger partial charge in [-0.2, -0.15) is 0 Å². The zero-order valence-electron chi connectivity index (χ0n) is 14.7. The second-order valence-electron chi connectivity index (χ2n) is 6.23. The Kier molecular flexibility index (Phi) is 4.97. The molecule has 0 atom stereocenters. The quantitative estimate of drug-likeness (QED) is 0.806. The van der Waals surface area contributed by atoms with Gasteiger partial charge in [-0.15, -0.1) is 0 Å². The Bertz CT molecular complexity index is 828. The van der Waals surface area contributed by atoms with E-state index in [1.165, 1.54) is 4.90 Å². The van der Waals surface area contributed by atoms with Crippen LogP contribution in [0.2, 0.25) is 0 Å². The molecule has 0 spiro atoms. The number of carbonyl (C=O) groups excluding carboxylic acids is 3. The summed E-state index contributed by atoms with van der Waals surface area (Å²) in [5.41, 5.74) is 1.48. The lowest BCUT2D eigenvalue weighted by Gasteiger charge is -2.17. The number of hydrogen-bond acceptors (Lipinski definition) is 5. The van der Waals surface area contributed by atoms with E-state index < -0.39 is 0 Å². The Morgan fingerprint density at radius 3 is 2.35 bits per heavy atom. The predicted octanol–water partition coefficient (Wildman–Crippen LogP) is 2.16. The highest BCUT2D eigenvalue weighted by Crippen LogP contribution is 2.23. The van der Waals surface area contributed by atoms with Gasteiger partial charge in [-0.1, -0.05) is 12.1 Å². The van der Waals surface area contributed by atoms with Gasteiger partial charge in [0.05, 0.1) is 16.8 Å². The van der Waals surface area contributed by atoms with Crippen LogP contribution in [0.25, 0.3) is 0 Å². The minimum absolute atomic E-state index is 0.183. The molecule has 26 heavy (non-hydrogen) atoms. The van der Waals surface area contributed by atoms with Crippen molar-refractivity contribution in [1.82, 2.24) is 9.88 Å². The molecule has 134 valence electrons. The van der Waals surface area contributed by atoms with Crippen molar-refractivity contribution in [3.05, 3.63) is 53.7 Å². The molecule has 0 radical (unpaired) electrons. The fraction of sp³-hybridized carbons (Fsp3) is 0.263. The summed E-state index contributed by atoms with van der Waals surface area (Å²) >= 11 is 0. The van der Waals surface area contributed by atoms with Gasteiger partial charge in [0.2, 0.25) is 5.91 Å². The van der Waals surface area contributed by atoms with Crippen LogP contribution in [0, 0.1) is 0 Å². The van der Waals surface area contributed by atoms with Gasteiger partial charge in [-0.3, -0.25) is 19.3 Å². The summed E-state index contributed by atoms with van der Waals surface area (Å²) in [5, 5.41) is 2.83. The average molecular weight is 352 g/mol. The van der Waals surface area contributed by atoms with Crippen molar-refractivity contribution in [3.63, 3.8) is 0 Å². The third-order valence-electron chi connectivity index (χ3n) is 4.15. The lowest BCUT2D eigenvalue weighted by atomic mass is 10.1. The van der Waals surface area contributed by atoms with Gasteiger partial charge < -0.3 is 10.2 Å². The molecule has 0 saturated carbocycles. The zero-order valence-corrected chi connectivity index (χ0v) is 14.7. The van der Waals surface area contributed by atoms with E-state index in [-0.39, 0.29) is 30.7 Å². The number of nitrogens with one attached hydrogen (secondary N) is 1. The number of nitrogens with zero attached hydrogens (tertiary/aromatic N) is 3. The Hall–Kier alpha value is -3.22. The van der Waals surface area contributed by atoms with Gasteiger partial charge in [-0.05, 0) is 30.7 Å². The molecule has 7 nitrogen and oxygen atoms in total. The number of rotatable bonds is 6. The normalized spacial score (nSPS) is 12.9. The SMILES string of the molecule is CN(C)c1ncccc1NC(=O)CCCN1C(=O)c2ccccc2C1=O. The van der Waals surface area contributed by atoms with Crippen LogP contribution in [0.15, 0.2) is 42.6 Å². The van der Waals surface area contributed by atoms with Gasteiger partial charge in [0.25, 0.3) is 11.8 Å². The summed E-state index contributed by atoms with van der Waals surface area (Å²) in [5.74, 6) is -0.111. The van der Waals surface area contributed by atoms with E-state index in [2.05, 4.69) is 10.3 Å². The highest BCUT2D eigenvalue weighted by molar-refractivity contribution is 6.21. The van der Waals surface area contributed by atoms with E-state index in [1.54, 1.807) is 42.6 Å². The number of imide groups is 1. The number of aromatic nitrogens is 1. The maximum Gasteiger partial charge on any atom is 0.261 e. The van der Waals surface area contributed by atoms with E-state index in [4.69, 9.17) is 0 Å². The summed E-state index contributed by atoms with van der Waals surface area (Å²) in [4.78, 5) is 44.0. The van der Waals surface area contributed by atoms with Crippen molar-refractivity contribution < 1.29 is 14.4 Å². The monoisotopic (exact) mass is 352 g/mol. The van der Waals surface area contributed by atoms with E-state index in [1.807, 2.05) is 19.0 Å². The first-order valence-corrected chi connectivity index (χ1v) is 8.36. The van der Waals surface area contributed by atoms with Crippen molar-refractivity contribution in [2.24, 2.45) is 0 Å². The molecule has 1 aromatic heterocycles. The highest BCUT2D eigenvalue weighted by atomic mass is 16.2. The Balaban J connectivity index is 1.56. The Morgan fingerprint density at radius 2 is 1.73 bits per heavy atom. The molecule has 0 bridgehead atoms. The molecule has 0 unspecified atom stereocenters. The van der Waals surface area contributed by atoms with Crippen molar-refractivity contribution in [3.8, 4) is 0 Å². The lowest BCUT2D eigenvalue weighted by Crippen LogP contribution is -2.31. The largest absolute Gasteiger partial charge is 0.361 e. The smallest absolute Gasteiger partial charge is 0.261 e. The van der Waals surface area contributed by atoms with Gasteiger partial charge >= 0.3 is 0 Å². The van der Waals surface area contributed by atoms with Gasteiger partial charge in [-0.25, -0.2) is 4.98 Å². The molecule has 2 heterocycles. The number of benzene rings is 1. The van der Waals surface area contributed by atoms with Gasteiger partial charge in [0.1, 0.15) is 0 Å². The van der Waals surface area contributed by atoms with Crippen LogP contribution in [0.4, 0.5) is 11.5 Å². The first-order valence-electron chi connectivity index (χ1n) is 8.36. The van der Waals surface area contributed by atoms with Crippen molar-refractivity contribution in [1.29, 1.82) is 0 Å². The Morgan fingerprint density at radius 1 is 1.08 bits per heavy atom. The predicted molar refractivity (Wildman–Crippen MR) is 98.2 cm³/mol. The molecule has 3 amide bonds. The molecule has 2 aromatic rings. The van der Waals surface area contributed by atoms with Gasteiger partial charge in [0, 0.05) is 33.3 Å². The van der Waals surface area contributed by atoms with E-state index >= 15 is 0 Å². The zero-order chi connectivity index (χ0) is 18.7. The molecular weight excluding hydrogens is 332 g/mol. The number of fused-ring (bicyclic) bond motifs is 1. The second-order valence-corrected chi connectivity index (χ2v) is 6.23. The average Bonchev–Trinajstić information content (AvgIpc) is 2.87. The molecule has 3 rings (SSSR count). The van der Waals surface area contributed by atoms with Crippen LogP contribution in [-0.4, -0.2) is 48.2 Å². The molecule has 7 heteroatoms. The van der Waals surface area contributed by atoms with E-state index in [0.717, 1.165) is 0 Å². The fourth-order valence-electron chi connectivity index (χ4n) is 2.90. The summed E-state index contributed by atoms with van der Waals surface area (Å²) in [6.07, 6.45) is 2.26. The van der Waals surface area contributed by atoms with Crippen LogP contribution in [0.1, 0.15) is 33.6 Å².